The first-order chi connectivity index (χ1) is 5.22. The molecular formula is C9H19NO. The molecule has 0 heterocycles. The monoisotopic (exact) mass is 157 g/mol. The van der Waals surface area contributed by atoms with E-state index in [1.54, 1.807) is 0 Å². The van der Waals surface area contributed by atoms with Gasteiger partial charge in [-0.1, -0.05) is 13.3 Å². The van der Waals surface area contributed by atoms with E-state index in [-0.39, 0.29) is 12.1 Å². The molecule has 0 aromatic carbocycles. The Hall–Kier alpha value is -0.0800. The van der Waals surface area contributed by atoms with E-state index in [0.717, 1.165) is 19.3 Å². The van der Waals surface area contributed by atoms with Gasteiger partial charge in [0.15, 0.2) is 0 Å². The Balaban J connectivity index is 2.39. The van der Waals surface area contributed by atoms with Crippen molar-refractivity contribution in [1.82, 2.24) is 0 Å². The molecule has 0 radical (unpaired) electrons. The van der Waals surface area contributed by atoms with Gasteiger partial charge in [0.2, 0.25) is 0 Å². The van der Waals surface area contributed by atoms with Crippen LogP contribution in [0.5, 0.6) is 0 Å². The quantitative estimate of drug-likeness (QED) is 0.563. The Bertz CT molecular complexity index is 116. The third-order valence-corrected chi connectivity index (χ3v) is 2.70. The highest BCUT2D eigenvalue weighted by Crippen LogP contribution is 2.24. The van der Waals surface area contributed by atoms with Gasteiger partial charge in [0.25, 0.3) is 0 Å². The standard InChI is InChI=1S/C9H19NO/c1-2-7-3-4-8(10)6-9(11)5-7/h7-9,11H,2-6,10H2,1H3/t7-,8-,9+/m1/s1. The average molecular weight is 157 g/mol. The van der Waals surface area contributed by atoms with Gasteiger partial charge in [0.05, 0.1) is 6.10 Å². The second kappa shape index (κ2) is 4.07. The highest BCUT2D eigenvalue weighted by atomic mass is 16.3. The highest BCUT2D eigenvalue weighted by molar-refractivity contribution is 4.76. The molecule has 1 fully saturated rings. The molecule has 11 heavy (non-hydrogen) atoms. The van der Waals surface area contributed by atoms with Crippen molar-refractivity contribution in [2.75, 3.05) is 0 Å². The van der Waals surface area contributed by atoms with E-state index in [4.69, 9.17) is 5.73 Å². The van der Waals surface area contributed by atoms with Crippen molar-refractivity contribution in [2.24, 2.45) is 11.7 Å². The molecule has 0 aromatic rings. The lowest BCUT2D eigenvalue weighted by Gasteiger charge is -2.13. The fraction of sp³-hybridized carbons (Fsp3) is 1.00. The minimum atomic E-state index is -0.141. The highest BCUT2D eigenvalue weighted by Gasteiger charge is 2.20. The van der Waals surface area contributed by atoms with Gasteiger partial charge in [0.1, 0.15) is 0 Å². The molecular weight excluding hydrogens is 138 g/mol. The molecule has 3 N–H and O–H groups in total. The smallest absolute Gasteiger partial charge is 0.0557 e. The van der Waals surface area contributed by atoms with Crippen molar-refractivity contribution >= 4 is 0 Å². The van der Waals surface area contributed by atoms with Crippen LogP contribution in [-0.4, -0.2) is 17.3 Å². The maximum Gasteiger partial charge on any atom is 0.0557 e. The summed E-state index contributed by atoms with van der Waals surface area (Å²) in [5.74, 6) is 0.707. The predicted octanol–water partition coefficient (Wildman–Crippen LogP) is 1.27. The SMILES string of the molecule is CC[C@@H]1CC[C@@H](N)C[C@@H](O)C1. The van der Waals surface area contributed by atoms with E-state index in [1.807, 2.05) is 0 Å². The topological polar surface area (TPSA) is 46.2 Å². The van der Waals surface area contributed by atoms with Crippen LogP contribution in [0.4, 0.5) is 0 Å². The van der Waals surface area contributed by atoms with E-state index in [2.05, 4.69) is 6.92 Å². The molecule has 2 nitrogen and oxygen atoms in total. The van der Waals surface area contributed by atoms with E-state index in [1.165, 1.54) is 12.8 Å². The number of hydrogen-bond acceptors (Lipinski definition) is 2. The molecule has 3 atom stereocenters. The van der Waals surface area contributed by atoms with Crippen molar-refractivity contribution in [2.45, 2.75) is 51.2 Å². The second-order valence-electron chi connectivity index (χ2n) is 3.74. The zero-order valence-electron chi connectivity index (χ0n) is 7.29. The first-order valence-electron chi connectivity index (χ1n) is 4.66. The first-order valence-corrected chi connectivity index (χ1v) is 4.66. The predicted molar refractivity (Wildman–Crippen MR) is 46.2 cm³/mol. The first kappa shape index (κ1) is 9.01. The molecule has 2 heteroatoms. The molecule has 1 rings (SSSR count). The van der Waals surface area contributed by atoms with Crippen molar-refractivity contribution in [3.8, 4) is 0 Å². The summed E-state index contributed by atoms with van der Waals surface area (Å²) in [6, 6.07) is 0.238. The van der Waals surface area contributed by atoms with E-state index >= 15 is 0 Å². The van der Waals surface area contributed by atoms with Gasteiger partial charge in [-0.25, -0.2) is 0 Å². The molecule has 0 bridgehead atoms. The van der Waals surface area contributed by atoms with Crippen LogP contribution in [0.1, 0.15) is 39.0 Å². The molecule has 0 amide bonds. The third-order valence-electron chi connectivity index (χ3n) is 2.70. The molecule has 0 unspecified atom stereocenters. The molecule has 0 saturated heterocycles. The van der Waals surface area contributed by atoms with Crippen LogP contribution in [0, 0.1) is 5.92 Å². The fourth-order valence-electron chi connectivity index (χ4n) is 1.89. The summed E-state index contributed by atoms with van der Waals surface area (Å²) < 4.78 is 0. The summed E-state index contributed by atoms with van der Waals surface area (Å²) in [5, 5.41) is 9.48. The Morgan fingerprint density at radius 2 is 2.09 bits per heavy atom. The molecule has 0 spiro atoms. The Labute approximate surface area is 68.8 Å². The lowest BCUT2D eigenvalue weighted by Crippen LogP contribution is -2.23. The number of rotatable bonds is 1. The summed E-state index contributed by atoms with van der Waals surface area (Å²) in [7, 11) is 0. The van der Waals surface area contributed by atoms with E-state index in [9.17, 15) is 5.11 Å². The maximum absolute atomic E-state index is 9.48. The summed E-state index contributed by atoms with van der Waals surface area (Å²) >= 11 is 0. The van der Waals surface area contributed by atoms with Crippen molar-refractivity contribution in [3.05, 3.63) is 0 Å². The largest absolute Gasteiger partial charge is 0.393 e. The van der Waals surface area contributed by atoms with Crippen LogP contribution in [0.15, 0.2) is 0 Å². The lowest BCUT2D eigenvalue weighted by molar-refractivity contribution is 0.137. The van der Waals surface area contributed by atoms with Crippen LogP contribution in [0.25, 0.3) is 0 Å². The van der Waals surface area contributed by atoms with Gasteiger partial charge in [0, 0.05) is 6.04 Å². The second-order valence-corrected chi connectivity index (χ2v) is 3.74. The molecule has 0 aliphatic heterocycles. The molecule has 1 aliphatic rings. The molecule has 66 valence electrons. The minimum absolute atomic E-state index is 0.141. The van der Waals surface area contributed by atoms with Crippen molar-refractivity contribution < 1.29 is 5.11 Å². The van der Waals surface area contributed by atoms with Crippen molar-refractivity contribution in [1.29, 1.82) is 0 Å². The van der Waals surface area contributed by atoms with E-state index < -0.39 is 0 Å². The summed E-state index contributed by atoms with van der Waals surface area (Å²) in [5.41, 5.74) is 5.78. The van der Waals surface area contributed by atoms with Gasteiger partial charge in [-0.2, -0.15) is 0 Å². The zero-order chi connectivity index (χ0) is 8.27. The molecule has 1 aliphatic carbocycles. The Kier molecular flexibility index (Phi) is 3.34. The number of hydrogen-bond donors (Lipinski definition) is 2. The number of nitrogens with two attached hydrogens (primary N) is 1. The average Bonchev–Trinajstić information content (AvgIpc) is 2.11. The third kappa shape index (κ3) is 2.80. The lowest BCUT2D eigenvalue weighted by atomic mass is 9.97. The Morgan fingerprint density at radius 1 is 1.36 bits per heavy atom. The minimum Gasteiger partial charge on any atom is -0.393 e. The van der Waals surface area contributed by atoms with Gasteiger partial charge in [-0.3, -0.25) is 0 Å². The van der Waals surface area contributed by atoms with Crippen LogP contribution >= 0.6 is 0 Å². The van der Waals surface area contributed by atoms with Crippen molar-refractivity contribution in [3.63, 3.8) is 0 Å². The van der Waals surface area contributed by atoms with E-state index in [0.29, 0.717) is 5.92 Å². The summed E-state index contributed by atoms with van der Waals surface area (Å²) in [6.45, 7) is 2.19. The van der Waals surface area contributed by atoms with Gasteiger partial charge in [-0.05, 0) is 31.6 Å². The van der Waals surface area contributed by atoms with Gasteiger partial charge in [-0.15, -0.1) is 0 Å². The summed E-state index contributed by atoms with van der Waals surface area (Å²) in [4.78, 5) is 0. The van der Waals surface area contributed by atoms with Crippen LogP contribution in [0.2, 0.25) is 0 Å². The van der Waals surface area contributed by atoms with Crippen LogP contribution in [-0.2, 0) is 0 Å². The zero-order valence-corrected chi connectivity index (χ0v) is 7.29. The Morgan fingerprint density at radius 3 is 2.73 bits per heavy atom. The molecule has 0 aromatic heterocycles. The summed E-state index contributed by atoms with van der Waals surface area (Å²) in [6.07, 6.45) is 5.10. The van der Waals surface area contributed by atoms with Gasteiger partial charge < -0.3 is 10.8 Å². The maximum atomic E-state index is 9.48. The normalized spacial score (nSPS) is 40.1. The molecule has 1 saturated carbocycles. The number of aliphatic hydroxyl groups excluding tert-OH is 1. The van der Waals surface area contributed by atoms with Crippen LogP contribution in [0.3, 0.4) is 0 Å². The fourth-order valence-corrected chi connectivity index (χ4v) is 1.89. The van der Waals surface area contributed by atoms with Gasteiger partial charge >= 0.3 is 0 Å². The van der Waals surface area contributed by atoms with Crippen LogP contribution < -0.4 is 5.73 Å². The number of aliphatic hydroxyl groups is 1.